The number of piperidine rings is 1. The molecule has 17 heavy (non-hydrogen) atoms. The zero-order valence-electron chi connectivity index (χ0n) is 10.7. The highest BCUT2D eigenvalue weighted by atomic mass is 16.3. The fourth-order valence-electron chi connectivity index (χ4n) is 2.66. The lowest BCUT2D eigenvalue weighted by molar-refractivity contribution is 0.106. The van der Waals surface area contributed by atoms with Crippen LogP contribution in [0.15, 0.2) is 30.3 Å². The first-order valence-corrected chi connectivity index (χ1v) is 6.68. The molecule has 94 valence electrons. The molecule has 1 aromatic carbocycles. The minimum atomic E-state index is 0.362. The second kappa shape index (κ2) is 6.18. The highest BCUT2D eigenvalue weighted by Gasteiger charge is 2.22. The molecule has 1 atom stereocenters. The Morgan fingerprint density at radius 3 is 2.47 bits per heavy atom. The van der Waals surface area contributed by atoms with Crippen LogP contribution in [0.4, 0.5) is 0 Å². The molecule has 0 radical (unpaired) electrons. The Morgan fingerprint density at radius 1 is 1.24 bits per heavy atom. The van der Waals surface area contributed by atoms with Crippen LogP contribution in [0.25, 0.3) is 0 Å². The predicted octanol–water partition coefficient (Wildman–Crippen LogP) is 2.32. The summed E-state index contributed by atoms with van der Waals surface area (Å²) >= 11 is 0. The molecule has 1 fully saturated rings. The molecule has 0 aromatic heterocycles. The summed E-state index contributed by atoms with van der Waals surface area (Å²) in [5.41, 5.74) is 1.42. The largest absolute Gasteiger partial charge is 0.396 e. The molecule has 0 saturated carbocycles. The molecule has 2 rings (SSSR count). The fourth-order valence-corrected chi connectivity index (χ4v) is 2.66. The molecule has 2 heteroatoms. The van der Waals surface area contributed by atoms with Gasteiger partial charge in [-0.05, 0) is 50.8 Å². The number of aliphatic hydroxyl groups is 1. The molecule has 0 amide bonds. The van der Waals surface area contributed by atoms with E-state index in [1.807, 2.05) is 0 Å². The van der Waals surface area contributed by atoms with Crippen LogP contribution < -0.4 is 0 Å². The van der Waals surface area contributed by atoms with Crippen molar-refractivity contribution in [2.45, 2.75) is 32.2 Å². The van der Waals surface area contributed by atoms with Crippen molar-refractivity contribution in [2.75, 3.05) is 19.7 Å². The van der Waals surface area contributed by atoms with Gasteiger partial charge in [0.15, 0.2) is 0 Å². The lowest BCUT2D eigenvalue weighted by Gasteiger charge is -2.35. The molecule has 2 nitrogen and oxygen atoms in total. The van der Waals surface area contributed by atoms with Crippen molar-refractivity contribution in [1.82, 2.24) is 4.90 Å². The molecular formula is C15H23NO. The quantitative estimate of drug-likeness (QED) is 0.862. The van der Waals surface area contributed by atoms with Crippen LogP contribution in [0, 0.1) is 5.92 Å². The Kier molecular flexibility index (Phi) is 4.57. The second-order valence-electron chi connectivity index (χ2n) is 5.20. The summed E-state index contributed by atoms with van der Waals surface area (Å²) in [4.78, 5) is 2.55. The smallest absolute Gasteiger partial charge is 0.0460 e. The van der Waals surface area contributed by atoms with Crippen molar-refractivity contribution in [3.8, 4) is 0 Å². The molecule has 1 aliphatic heterocycles. The topological polar surface area (TPSA) is 23.5 Å². The van der Waals surface area contributed by atoms with E-state index in [2.05, 4.69) is 42.2 Å². The monoisotopic (exact) mass is 233 g/mol. The molecule has 1 aromatic rings. The third kappa shape index (κ3) is 3.55. The van der Waals surface area contributed by atoms with Gasteiger partial charge < -0.3 is 10.0 Å². The minimum absolute atomic E-state index is 0.362. The van der Waals surface area contributed by atoms with Crippen LogP contribution in [-0.4, -0.2) is 35.7 Å². The third-order valence-corrected chi connectivity index (χ3v) is 3.90. The molecule has 1 saturated heterocycles. The molecule has 1 aliphatic rings. The number of rotatable bonds is 4. The highest BCUT2D eigenvalue weighted by Crippen LogP contribution is 2.19. The Bertz CT molecular complexity index is 317. The van der Waals surface area contributed by atoms with Crippen molar-refractivity contribution in [1.29, 1.82) is 0 Å². The van der Waals surface area contributed by atoms with Gasteiger partial charge in [0.2, 0.25) is 0 Å². The first kappa shape index (κ1) is 12.6. The average Bonchev–Trinajstić information content (AvgIpc) is 2.40. The number of hydrogen-bond donors (Lipinski definition) is 1. The maximum absolute atomic E-state index is 9.13. The van der Waals surface area contributed by atoms with Gasteiger partial charge in [-0.1, -0.05) is 30.3 Å². The summed E-state index contributed by atoms with van der Waals surface area (Å²) in [6.45, 7) is 4.95. The van der Waals surface area contributed by atoms with E-state index < -0.39 is 0 Å². The van der Waals surface area contributed by atoms with E-state index in [0.29, 0.717) is 18.6 Å². The van der Waals surface area contributed by atoms with Crippen LogP contribution >= 0.6 is 0 Å². The summed E-state index contributed by atoms with van der Waals surface area (Å²) in [6, 6.07) is 11.3. The van der Waals surface area contributed by atoms with Crippen molar-refractivity contribution in [3.63, 3.8) is 0 Å². The molecule has 1 heterocycles. The van der Waals surface area contributed by atoms with Crippen molar-refractivity contribution in [3.05, 3.63) is 35.9 Å². The lowest BCUT2D eigenvalue weighted by atomic mass is 9.95. The lowest BCUT2D eigenvalue weighted by Crippen LogP contribution is -2.41. The van der Waals surface area contributed by atoms with Crippen molar-refractivity contribution >= 4 is 0 Å². The van der Waals surface area contributed by atoms with E-state index in [1.165, 1.54) is 5.56 Å². The molecule has 0 aliphatic carbocycles. The van der Waals surface area contributed by atoms with E-state index in [1.54, 1.807) is 0 Å². The summed E-state index contributed by atoms with van der Waals surface area (Å²) in [6.07, 6.45) is 3.43. The Hall–Kier alpha value is -0.860. The van der Waals surface area contributed by atoms with Gasteiger partial charge in [-0.15, -0.1) is 0 Å². The summed E-state index contributed by atoms with van der Waals surface area (Å²) in [5.74, 6) is 0.537. The van der Waals surface area contributed by atoms with E-state index in [0.717, 1.165) is 32.4 Å². The summed E-state index contributed by atoms with van der Waals surface area (Å²) in [5, 5.41) is 9.13. The number of benzene rings is 1. The van der Waals surface area contributed by atoms with Crippen LogP contribution in [0.1, 0.15) is 25.3 Å². The number of aliphatic hydroxyl groups excluding tert-OH is 1. The molecule has 0 spiro atoms. The summed E-state index contributed by atoms with van der Waals surface area (Å²) < 4.78 is 0. The summed E-state index contributed by atoms with van der Waals surface area (Å²) in [7, 11) is 0. The molecule has 1 N–H and O–H groups in total. The first-order valence-electron chi connectivity index (χ1n) is 6.68. The van der Waals surface area contributed by atoms with Crippen LogP contribution in [0.2, 0.25) is 0 Å². The van der Waals surface area contributed by atoms with Gasteiger partial charge in [-0.25, -0.2) is 0 Å². The second-order valence-corrected chi connectivity index (χ2v) is 5.20. The SMILES string of the molecule is CC(Cc1ccccc1)N1CCC(CO)CC1. The van der Waals surface area contributed by atoms with Crippen LogP contribution in [-0.2, 0) is 6.42 Å². The number of hydrogen-bond acceptors (Lipinski definition) is 2. The highest BCUT2D eigenvalue weighted by molar-refractivity contribution is 5.15. The average molecular weight is 233 g/mol. The molecular weight excluding hydrogens is 210 g/mol. The normalized spacial score (nSPS) is 20.4. The van der Waals surface area contributed by atoms with E-state index in [-0.39, 0.29) is 0 Å². The number of nitrogens with zero attached hydrogens (tertiary/aromatic N) is 1. The van der Waals surface area contributed by atoms with Crippen molar-refractivity contribution in [2.24, 2.45) is 5.92 Å². The fraction of sp³-hybridized carbons (Fsp3) is 0.600. The van der Waals surface area contributed by atoms with Crippen LogP contribution in [0.5, 0.6) is 0 Å². The van der Waals surface area contributed by atoms with Crippen molar-refractivity contribution < 1.29 is 5.11 Å². The zero-order chi connectivity index (χ0) is 12.1. The van der Waals surface area contributed by atoms with Gasteiger partial charge >= 0.3 is 0 Å². The van der Waals surface area contributed by atoms with Gasteiger partial charge in [0, 0.05) is 12.6 Å². The van der Waals surface area contributed by atoms with Gasteiger partial charge in [-0.3, -0.25) is 0 Å². The van der Waals surface area contributed by atoms with E-state index in [9.17, 15) is 0 Å². The Morgan fingerprint density at radius 2 is 1.88 bits per heavy atom. The predicted molar refractivity (Wildman–Crippen MR) is 71.0 cm³/mol. The van der Waals surface area contributed by atoms with E-state index >= 15 is 0 Å². The number of likely N-dealkylation sites (tertiary alicyclic amines) is 1. The van der Waals surface area contributed by atoms with Gasteiger partial charge in [0.05, 0.1) is 0 Å². The zero-order valence-corrected chi connectivity index (χ0v) is 10.7. The van der Waals surface area contributed by atoms with Crippen LogP contribution in [0.3, 0.4) is 0 Å². The Labute approximate surface area is 104 Å². The van der Waals surface area contributed by atoms with Gasteiger partial charge in [-0.2, -0.15) is 0 Å². The maximum Gasteiger partial charge on any atom is 0.0460 e. The molecule has 0 bridgehead atoms. The van der Waals surface area contributed by atoms with Gasteiger partial charge in [0.25, 0.3) is 0 Å². The minimum Gasteiger partial charge on any atom is -0.396 e. The van der Waals surface area contributed by atoms with E-state index in [4.69, 9.17) is 5.11 Å². The third-order valence-electron chi connectivity index (χ3n) is 3.90. The van der Waals surface area contributed by atoms with Gasteiger partial charge in [0.1, 0.15) is 0 Å². The first-order chi connectivity index (χ1) is 8.29. The molecule has 1 unspecified atom stereocenters. The standard InChI is InChI=1S/C15H23NO/c1-13(11-14-5-3-2-4-6-14)16-9-7-15(12-17)8-10-16/h2-6,13,15,17H,7-12H2,1H3. The Balaban J connectivity index is 1.83. The maximum atomic E-state index is 9.13.